The molecule has 2 unspecified atom stereocenters. The predicted molar refractivity (Wildman–Crippen MR) is 68.4 cm³/mol. The Morgan fingerprint density at radius 3 is 2.88 bits per heavy atom. The summed E-state index contributed by atoms with van der Waals surface area (Å²) in [5, 5.41) is 0. The number of nitrogens with two attached hydrogens (primary N) is 1. The summed E-state index contributed by atoms with van der Waals surface area (Å²) in [6, 6.07) is 9.82. The first-order valence-electron chi connectivity index (χ1n) is 6.24. The molecule has 1 aromatic carbocycles. The van der Waals surface area contributed by atoms with Crippen molar-refractivity contribution in [2.75, 3.05) is 13.1 Å². The molecule has 88 valence electrons. The summed E-state index contributed by atoms with van der Waals surface area (Å²) in [7, 11) is 0. The molecular formula is C14H22N2. The van der Waals surface area contributed by atoms with Crippen molar-refractivity contribution in [3.05, 3.63) is 35.4 Å². The maximum absolute atomic E-state index is 5.96. The van der Waals surface area contributed by atoms with Crippen molar-refractivity contribution in [1.82, 2.24) is 4.90 Å². The first-order chi connectivity index (χ1) is 7.72. The molecule has 0 saturated carbocycles. The van der Waals surface area contributed by atoms with E-state index in [1.807, 2.05) is 0 Å². The summed E-state index contributed by atoms with van der Waals surface area (Å²) in [5.41, 5.74) is 8.65. The Labute approximate surface area is 98.4 Å². The third-order valence-electron chi connectivity index (χ3n) is 3.65. The number of rotatable bonds is 3. The maximum atomic E-state index is 5.96. The van der Waals surface area contributed by atoms with Gasteiger partial charge in [0.25, 0.3) is 0 Å². The summed E-state index contributed by atoms with van der Waals surface area (Å²) < 4.78 is 0. The van der Waals surface area contributed by atoms with Gasteiger partial charge in [0.05, 0.1) is 0 Å². The lowest BCUT2D eigenvalue weighted by Crippen LogP contribution is -2.36. The van der Waals surface area contributed by atoms with Gasteiger partial charge in [0.15, 0.2) is 0 Å². The molecule has 1 aliphatic rings. The molecule has 0 amide bonds. The fraction of sp³-hybridized carbons (Fsp3) is 0.571. The summed E-state index contributed by atoms with van der Waals surface area (Å²) in [6.45, 7) is 6.36. The van der Waals surface area contributed by atoms with Crippen LogP contribution in [0.3, 0.4) is 0 Å². The normalized spacial score (nSPS) is 23.6. The summed E-state index contributed by atoms with van der Waals surface area (Å²) in [5.74, 6) is 0. The minimum atomic E-state index is 0.400. The molecule has 0 aliphatic carbocycles. The highest BCUT2D eigenvalue weighted by Crippen LogP contribution is 2.28. The van der Waals surface area contributed by atoms with Gasteiger partial charge in [-0.3, -0.25) is 4.90 Å². The highest BCUT2D eigenvalue weighted by molar-refractivity contribution is 5.25. The van der Waals surface area contributed by atoms with Crippen molar-refractivity contribution in [1.29, 1.82) is 0 Å². The average molecular weight is 218 g/mol. The Hall–Kier alpha value is -0.860. The van der Waals surface area contributed by atoms with E-state index in [4.69, 9.17) is 5.73 Å². The molecule has 16 heavy (non-hydrogen) atoms. The highest BCUT2D eigenvalue weighted by Gasteiger charge is 2.27. The number of hydrogen-bond acceptors (Lipinski definition) is 2. The molecule has 1 heterocycles. The van der Waals surface area contributed by atoms with Crippen LogP contribution in [0.25, 0.3) is 0 Å². The molecule has 2 N–H and O–H groups in total. The van der Waals surface area contributed by atoms with E-state index >= 15 is 0 Å². The Kier molecular flexibility index (Phi) is 3.62. The van der Waals surface area contributed by atoms with Gasteiger partial charge in [-0.2, -0.15) is 0 Å². The van der Waals surface area contributed by atoms with Crippen molar-refractivity contribution in [2.45, 2.75) is 38.8 Å². The van der Waals surface area contributed by atoms with Gasteiger partial charge >= 0.3 is 0 Å². The van der Waals surface area contributed by atoms with Crippen molar-refractivity contribution >= 4 is 0 Å². The number of nitrogens with zero attached hydrogens (tertiary/aromatic N) is 1. The molecule has 0 aromatic heterocycles. The highest BCUT2D eigenvalue weighted by atomic mass is 15.2. The maximum Gasteiger partial charge on any atom is 0.0473 e. The van der Waals surface area contributed by atoms with Gasteiger partial charge in [-0.05, 0) is 38.8 Å². The average Bonchev–Trinajstić information content (AvgIpc) is 2.67. The summed E-state index contributed by atoms with van der Waals surface area (Å²) >= 11 is 0. The van der Waals surface area contributed by atoms with Gasteiger partial charge in [0.2, 0.25) is 0 Å². The van der Waals surface area contributed by atoms with Gasteiger partial charge in [-0.1, -0.05) is 29.8 Å². The van der Waals surface area contributed by atoms with E-state index < -0.39 is 0 Å². The van der Waals surface area contributed by atoms with E-state index in [9.17, 15) is 0 Å². The summed E-state index contributed by atoms with van der Waals surface area (Å²) in [4.78, 5) is 2.55. The predicted octanol–water partition coefficient (Wildman–Crippen LogP) is 2.48. The molecule has 1 fully saturated rings. The van der Waals surface area contributed by atoms with Crippen LogP contribution in [0, 0.1) is 6.92 Å². The molecule has 1 saturated heterocycles. The fourth-order valence-electron chi connectivity index (χ4n) is 2.76. The van der Waals surface area contributed by atoms with Gasteiger partial charge in [-0.15, -0.1) is 0 Å². The Morgan fingerprint density at radius 1 is 1.50 bits per heavy atom. The first kappa shape index (κ1) is 11.6. The SMILES string of the molecule is Cc1cccc(C(CN)N2CCCC2C)c1. The van der Waals surface area contributed by atoms with Gasteiger partial charge < -0.3 is 5.73 Å². The van der Waals surface area contributed by atoms with Crippen molar-refractivity contribution < 1.29 is 0 Å². The smallest absolute Gasteiger partial charge is 0.0473 e. The Bertz CT molecular complexity index is 348. The quantitative estimate of drug-likeness (QED) is 0.844. The lowest BCUT2D eigenvalue weighted by atomic mass is 10.0. The van der Waals surface area contributed by atoms with Crippen LogP contribution in [0.15, 0.2) is 24.3 Å². The minimum absolute atomic E-state index is 0.400. The van der Waals surface area contributed by atoms with Crippen LogP contribution >= 0.6 is 0 Å². The van der Waals surface area contributed by atoms with Crippen LogP contribution in [0.5, 0.6) is 0 Å². The molecule has 2 atom stereocenters. The second-order valence-corrected chi connectivity index (χ2v) is 4.89. The molecule has 1 aromatic rings. The first-order valence-corrected chi connectivity index (χ1v) is 6.24. The molecule has 2 heteroatoms. The minimum Gasteiger partial charge on any atom is -0.329 e. The van der Waals surface area contributed by atoms with Gasteiger partial charge in [0, 0.05) is 18.6 Å². The van der Waals surface area contributed by atoms with E-state index in [-0.39, 0.29) is 0 Å². The number of aryl methyl sites for hydroxylation is 1. The van der Waals surface area contributed by atoms with Gasteiger partial charge in [0.1, 0.15) is 0 Å². The van der Waals surface area contributed by atoms with Gasteiger partial charge in [-0.25, -0.2) is 0 Å². The lowest BCUT2D eigenvalue weighted by molar-refractivity contribution is 0.195. The van der Waals surface area contributed by atoms with Crippen LogP contribution in [-0.4, -0.2) is 24.0 Å². The number of benzene rings is 1. The van der Waals surface area contributed by atoms with Crippen molar-refractivity contribution in [3.8, 4) is 0 Å². The number of hydrogen-bond donors (Lipinski definition) is 1. The zero-order valence-electron chi connectivity index (χ0n) is 10.3. The molecule has 0 bridgehead atoms. The second-order valence-electron chi connectivity index (χ2n) is 4.89. The zero-order valence-corrected chi connectivity index (χ0v) is 10.3. The van der Waals surface area contributed by atoms with E-state index in [0.717, 1.165) is 0 Å². The number of likely N-dealkylation sites (tertiary alicyclic amines) is 1. The van der Waals surface area contributed by atoms with Crippen LogP contribution in [0.4, 0.5) is 0 Å². The Balaban J connectivity index is 2.21. The molecular weight excluding hydrogens is 196 g/mol. The lowest BCUT2D eigenvalue weighted by Gasteiger charge is -2.31. The van der Waals surface area contributed by atoms with Crippen LogP contribution in [0.2, 0.25) is 0 Å². The fourth-order valence-corrected chi connectivity index (χ4v) is 2.76. The standard InChI is InChI=1S/C14H22N2/c1-11-5-3-7-13(9-11)14(10-15)16-8-4-6-12(16)2/h3,5,7,9,12,14H,4,6,8,10,15H2,1-2H3. The van der Waals surface area contributed by atoms with E-state index in [1.54, 1.807) is 0 Å². The Morgan fingerprint density at radius 2 is 2.31 bits per heavy atom. The molecule has 0 spiro atoms. The van der Waals surface area contributed by atoms with Crippen LogP contribution in [-0.2, 0) is 0 Å². The molecule has 2 nitrogen and oxygen atoms in total. The van der Waals surface area contributed by atoms with E-state index in [0.29, 0.717) is 18.6 Å². The van der Waals surface area contributed by atoms with Crippen LogP contribution < -0.4 is 5.73 Å². The largest absolute Gasteiger partial charge is 0.329 e. The zero-order chi connectivity index (χ0) is 11.5. The summed E-state index contributed by atoms with van der Waals surface area (Å²) in [6.07, 6.45) is 2.62. The topological polar surface area (TPSA) is 29.3 Å². The van der Waals surface area contributed by atoms with Crippen molar-refractivity contribution in [2.24, 2.45) is 5.73 Å². The molecule has 2 rings (SSSR count). The monoisotopic (exact) mass is 218 g/mol. The molecule has 0 radical (unpaired) electrons. The van der Waals surface area contributed by atoms with E-state index in [2.05, 4.69) is 43.0 Å². The third kappa shape index (κ3) is 2.28. The van der Waals surface area contributed by atoms with Crippen molar-refractivity contribution in [3.63, 3.8) is 0 Å². The third-order valence-corrected chi connectivity index (χ3v) is 3.65. The molecule has 1 aliphatic heterocycles. The van der Waals surface area contributed by atoms with Crippen LogP contribution in [0.1, 0.15) is 36.9 Å². The second kappa shape index (κ2) is 4.98. The van der Waals surface area contributed by atoms with E-state index in [1.165, 1.54) is 30.5 Å².